The Labute approximate surface area is 212 Å². The second-order valence-electron chi connectivity index (χ2n) is 11.7. The smallest absolute Gasteiger partial charge is 0.397 e. The molecule has 1 atom stereocenters. The van der Waals surface area contributed by atoms with Crippen LogP contribution in [-0.2, 0) is 17.8 Å². The number of hydrogen-bond acceptors (Lipinski definition) is 3. The van der Waals surface area contributed by atoms with Crippen LogP contribution in [0, 0.1) is 24.7 Å². The lowest BCUT2D eigenvalue weighted by molar-refractivity contribution is -0.194. The predicted molar refractivity (Wildman–Crippen MR) is 136 cm³/mol. The summed E-state index contributed by atoms with van der Waals surface area (Å²) in [5, 5.41) is 0. The number of primary amides is 1. The summed E-state index contributed by atoms with van der Waals surface area (Å²) in [6.45, 7) is 11.4. The Bertz CT molecular complexity index is 1120. The highest BCUT2D eigenvalue weighted by Gasteiger charge is 2.63. The number of aryl methyl sites for hydroxylation is 3. The molecule has 0 saturated heterocycles. The molecule has 0 bridgehead atoms. The van der Waals surface area contributed by atoms with Gasteiger partial charge in [0.2, 0.25) is 5.91 Å². The van der Waals surface area contributed by atoms with Gasteiger partial charge in [-0.15, -0.1) is 0 Å². The normalized spacial score (nSPS) is 18.3. The second kappa shape index (κ2) is 9.31. The molecule has 1 heterocycles. The van der Waals surface area contributed by atoms with E-state index in [0.29, 0.717) is 12.3 Å². The number of fused-ring (bicyclic) bond motifs is 1. The lowest BCUT2D eigenvalue weighted by Gasteiger charge is -2.32. The van der Waals surface area contributed by atoms with E-state index in [1.165, 1.54) is 0 Å². The molecule has 1 saturated carbocycles. The average molecular weight is 503 g/mol. The van der Waals surface area contributed by atoms with E-state index in [1.54, 1.807) is 6.07 Å². The minimum atomic E-state index is -4.21. The summed E-state index contributed by atoms with van der Waals surface area (Å²) >= 11 is 0. The molecule has 1 fully saturated rings. The summed E-state index contributed by atoms with van der Waals surface area (Å²) in [7, 11) is 0. The van der Waals surface area contributed by atoms with Crippen LogP contribution in [0.1, 0.15) is 73.8 Å². The third kappa shape index (κ3) is 5.21. The van der Waals surface area contributed by atoms with Crippen LogP contribution in [0.3, 0.4) is 0 Å². The lowest BCUT2D eigenvalue weighted by atomic mass is 9.73. The molecule has 7 heteroatoms. The molecular weight excluding hydrogens is 465 g/mol. The van der Waals surface area contributed by atoms with Crippen molar-refractivity contribution in [3.8, 4) is 5.75 Å². The van der Waals surface area contributed by atoms with Crippen molar-refractivity contribution in [1.82, 2.24) is 0 Å². The van der Waals surface area contributed by atoms with Crippen LogP contribution in [0.25, 0.3) is 0 Å². The number of carbonyl (C=O) groups is 1. The number of nitrogens with zero attached hydrogens (tertiary/aromatic N) is 1. The van der Waals surface area contributed by atoms with Crippen LogP contribution in [0.4, 0.5) is 18.9 Å². The molecule has 4 rings (SSSR count). The fourth-order valence-corrected chi connectivity index (χ4v) is 5.52. The molecule has 2 aliphatic rings. The zero-order valence-corrected chi connectivity index (χ0v) is 21.9. The third-order valence-corrected chi connectivity index (χ3v) is 7.77. The first-order chi connectivity index (χ1) is 16.7. The van der Waals surface area contributed by atoms with Gasteiger partial charge in [0, 0.05) is 18.8 Å². The Kier molecular flexibility index (Phi) is 6.82. The van der Waals surface area contributed by atoms with E-state index in [0.717, 1.165) is 52.9 Å². The second-order valence-corrected chi connectivity index (χ2v) is 11.7. The van der Waals surface area contributed by atoms with Gasteiger partial charge in [0.1, 0.15) is 17.8 Å². The Hall–Kier alpha value is -2.70. The highest BCUT2D eigenvalue weighted by Crippen LogP contribution is 2.57. The fourth-order valence-electron chi connectivity index (χ4n) is 5.52. The fraction of sp³-hybridized carbons (Fsp3) is 0.552. The van der Waals surface area contributed by atoms with Gasteiger partial charge in [-0.3, -0.25) is 4.79 Å². The maximum Gasteiger partial charge on any atom is 0.397 e. The van der Waals surface area contributed by atoms with Crippen molar-refractivity contribution in [3.05, 3.63) is 58.1 Å². The SMILES string of the molecule is Cc1cc(N2CCCc3cc(OCC4(C(F)(F)F)CC4)ccc3C2)cc(C)c1C(C(N)=O)C(C)(C)C. The van der Waals surface area contributed by atoms with Crippen molar-refractivity contribution < 1.29 is 22.7 Å². The van der Waals surface area contributed by atoms with E-state index in [1.807, 2.05) is 46.8 Å². The molecule has 4 nitrogen and oxygen atoms in total. The van der Waals surface area contributed by atoms with Crippen LogP contribution >= 0.6 is 0 Å². The van der Waals surface area contributed by atoms with Crippen LogP contribution in [0.15, 0.2) is 30.3 Å². The van der Waals surface area contributed by atoms with Crippen LogP contribution in [0.5, 0.6) is 5.75 Å². The van der Waals surface area contributed by atoms with Crippen molar-refractivity contribution in [2.45, 2.75) is 78.9 Å². The Morgan fingerprint density at radius 3 is 2.25 bits per heavy atom. The summed E-state index contributed by atoms with van der Waals surface area (Å²) in [6.07, 6.45) is -2.16. The molecule has 196 valence electrons. The van der Waals surface area contributed by atoms with Crippen molar-refractivity contribution in [1.29, 1.82) is 0 Å². The van der Waals surface area contributed by atoms with E-state index in [2.05, 4.69) is 17.0 Å². The molecule has 2 aromatic rings. The molecular formula is C29H37F3N2O2. The van der Waals surface area contributed by atoms with Gasteiger partial charge in [0.15, 0.2) is 0 Å². The van der Waals surface area contributed by atoms with Crippen molar-refractivity contribution >= 4 is 11.6 Å². The van der Waals surface area contributed by atoms with Gasteiger partial charge in [-0.05, 0) is 97.0 Å². The number of hydrogen-bond donors (Lipinski definition) is 1. The quantitative estimate of drug-likeness (QED) is 0.485. The number of rotatable bonds is 6. The molecule has 1 unspecified atom stereocenters. The third-order valence-electron chi connectivity index (χ3n) is 7.77. The first-order valence-electron chi connectivity index (χ1n) is 12.7. The van der Waals surface area contributed by atoms with Gasteiger partial charge in [-0.2, -0.15) is 13.2 Å². The van der Waals surface area contributed by atoms with Crippen LogP contribution < -0.4 is 15.4 Å². The van der Waals surface area contributed by atoms with E-state index < -0.39 is 11.6 Å². The van der Waals surface area contributed by atoms with Gasteiger partial charge >= 0.3 is 6.18 Å². The summed E-state index contributed by atoms with van der Waals surface area (Å²) in [5.41, 5.74) is 10.3. The van der Waals surface area contributed by atoms with Gasteiger partial charge in [-0.25, -0.2) is 0 Å². The van der Waals surface area contributed by atoms with Gasteiger partial charge in [0.25, 0.3) is 0 Å². The standard InChI is InChI=1S/C29H37F3N2O2/c1-18-13-22(14-19(2)24(18)25(26(33)35)27(3,4)5)34-12-6-7-20-15-23(9-8-21(20)16-34)36-17-28(10-11-28)29(30,31)32/h8-9,13-15,25H,6-7,10-12,16-17H2,1-5H3,(H2,33,35). The molecule has 1 amide bonds. The summed E-state index contributed by atoms with van der Waals surface area (Å²) in [5.74, 6) is -0.179. The van der Waals surface area contributed by atoms with Crippen LogP contribution in [0.2, 0.25) is 0 Å². The number of nitrogens with two attached hydrogens (primary N) is 1. The number of carbonyl (C=O) groups excluding carboxylic acids is 1. The average Bonchev–Trinajstić information content (AvgIpc) is 3.56. The molecule has 0 radical (unpaired) electrons. The highest BCUT2D eigenvalue weighted by atomic mass is 19.4. The van der Waals surface area contributed by atoms with E-state index in [9.17, 15) is 18.0 Å². The lowest BCUT2D eigenvalue weighted by Crippen LogP contribution is -2.33. The maximum absolute atomic E-state index is 13.2. The Morgan fingerprint density at radius 1 is 1.08 bits per heavy atom. The number of alkyl halides is 3. The molecule has 1 aliphatic heterocycles. The van der Waals surface area contributed by atoms with Gasteiger partial charge in [-0.1, -0.05) is 26.8 Å². The zero-order valence-electron chi connectivity index (χ0n) is 21.9. The Morgan fingerprint density at radius 2 is 1.72 bits per heavy atom. The van der Waals surface area contributed by atoms with Crippen molar-refractivity contribution in [2.24, 2.45) is 16.6 Å². The topological polar surface area (TPSA) is 55.6 Å². The maximum atomic E-state index is 13.2. The largest absolute Gasteiger partial charge is 0.493 e. The predicted octanol–water partition coefficient (Wildman–Crippen LogP) is 6.59. The number of anilines is 1. The monoisotopic (exact) mass is 502 g/mol. The molecule has 0 aromatic heterocycles. The molecule has 1 aliphatic carbocycles. The highest BCUT2D eigenvalue weighted by molar-refractivity contribution is 5.84. The van der Waals surface area contributed by atoms with E-state index >= 15 is 0 Å². The number of benzene rings is 2. The summed E-state index contributed by atoms with van der Waals surface area (Å²) in [6, 6.07) is 9.95. The summed E-state index contributed by atoms with van der Waals surface area (Å²) < 4.78 is 45.4. The van der Waals surface area contributed by atoms with E-state index in [4.69, 9.17) is 10.5 Å². The number of ether oxygens (including phenoxy) is 1. The molecule has 0 spiro atoms. The molecule has 2 aromatic carbocycles. The minimum absolute atomic E-state index is 0.143. The van der Waals surface area contributed by atoms with Crippen molar-refractivity contribution in [3.63, 3.8) is 0 Å². The number of amides is 1. The Balaban J connectivity index is 1.54. The van der Waals surface area contributed by atoms with Crippen molar-refractivity contribution in [2.75, 3.05) is 18.1 Å². The zero-order chi connectivity index (χ0) is 26.5. The number of halogens is 3. The first kappa shape index (κ1) is 26.4. The first-order valence-corrected chi connectivity index (χ1v) is 12.7. The summed E-state index contributed by atoms with van der Waals surface area (Å²) in [4.78, 5) is 14.7. The van der Waals surface area contributed by atoms with E-state index in [-0.39, 0.29) is 36.7 Å². The van der Waals surface area contributed by atoms with Gasteiger partial charge in [0.05, 0.1) is 5.92 Å². The van der Waals surface area contributed by atoms with Crippen LogP contribution in [-0.4, -0.2) is 25.2 Å². The molecule has 36 heavy (non-hydrogen) atoms. The minimum Gasteiger partial charge on any atom is -0.493 e. The van der Waals surface area contributed by atoms with Gasteiger partial charge < -0.3 is 15.4 Å². The molecule has 2 N–H and O–H groups in total.